The number of nitrogens with two attached hydrogens (primary N) is 1. The number of fused-ring (bicyclic) bond motifs is 1. The molecule has 15 heavy (non-hydrogen) atoms. The third-order valence-electron chi connectivity index (χ3n) is 1.63. The highest BCUT2D eigenvalue weighted by Gasteiger charge is 2.26. The predicted octanol–water partition coefficient (Wildman–Crippen LogP) is -0.707. The number of carbonyl (C=O) groups excluding carboxylic acids is 2. The Balaban J connectivity index is 0.000000245. The van der Waals surface area contributed by atoms with Gasteiger partial charge in [0.2, 0.25) is 0 Å². The molecule has 0 aliphatic carbocycles. The van der Waals surface area contributed by atoms with Gasteiger partial charge in [0.1, 0.15) is 0 Å². The number of thiol groups is 1. The van der Waals surface area contributed by atoms with Crippen LogP contribution in [-0.4, -0.2) is 20.1 Å². The Morgan fingerprint density at radius 3 is 2.20 bits per heavy atom. The second kappa shape index (κ2) is 4.67. The van der Waals surface area contributed by atoms with E-state index >= 15 is 0 Å². The molecule has 0 atom stereocenters. The van der Waals surface area contributed by atoms with Gasteiger partial charge < -0.3 is 5.32 Å². The van der Waals surface area contributed by atoms with Crippen molar-refractivity contribution in [3.63, 3.8) is 0 Å². The van der Waals surface area contributed by atoms with E-state index < -0.39 is 22.6 Å². The molecular formula is C8H8N2O4S. The number of benzene rings is 1. The lowest BCUT2D eigenvalue weighted by atomic mass is 10.1. The van der Waals surface area contributed by atoms with E-state index in [2.05, 4.69) is 10.5 Å². The molecule has 1 heterocycles. The zero-order chi connectivity index (χ0) is 11.4. The average molecular weight is 228 g/mol. The number of hydrogen-bond donors (Lipinski definition) is 3. The van der Waals surface area contributed by atoms with Crippen LogP contribution in [0.15, 0.2) is 24.3 Å². The van der Waals surface area contributed by atoms with E-state index in [0.29, 0.717) is 11.3 Å². The molecule has 0 fully saturated rings. The molecule has 1 aromatic rings. The summed E-state index contributed by atoms with van der Waals surface area (Å²) in [7, 11) is -2.62. The number of ketones is 1. The number of nitrogens with one attached hydrogen (secondary N) is 1. The normalized spacial score (nSPS) is 12.9. The summed E-state index contributed by atoms with van der Waals surface area (Å²) >= 11 is 0. The summed E-state index contributed by atoms with van der Waals surface area (Å²) in [5, 5.41) is 6.52. The fourth-order valence-corrected chi connectivity index (χ4v) is 1.09. The van der Waals surface area contributed by atoms with Crippen molar-refractivity contribution in [2.24, 2.45) is 5.14 Å². The Bertz CT molecular complexity index is 473. The molecule has 80 valence electrons. The van der Waals surface area contributed by atoms with Crippen molar-refractivity contribution in [1.29, 1.82) is 0 Å². The fraction of sp³-hybridized carbons (Fsp3) is 0. The molecule has 0 bridgehead atoms. The second-order valence-corrected chi connectivity index (χ2v) is 3.18. The molecule has 1 aliphatic heterocycles. The summed E-state index contributed by atoms with van der Waals surface area (Å²) in [6.07, 6.45) is 0. The summed E-state index contributed by atoms with van der Waals surface area (Å²) in [6.45, 7) is 0. The second-order valence-electron chi connectivity index (χ2n) is 2.61. The van der Waals surface area contributed by atoms with Crippen molar-refractivity contribution in [3.05, 3.63) is 29.8 Å². The van der Waals surface area contributed by atoms with E-state index in [1.807, 2.05) is 0 Å². The van der Waals surface area contributed by atoms with Gasteiger partial charge in [-0.05, 0) is 12.1 Å². The zero-order valence-electron chi connectivity index (χ0n) is 7.47. The molecule has 1 amide bonds. The van der Waals surface area contributed by atoms with Gasteiger partial charge in [0.05, 0.1) is 11.3 Å². The predicted molar refractivity (Wildman–Crippen MR) is 53.9 cm³/mol. The molecule has 0 aromatic heterocycles. The number of carbonyl (C=O) groups is 2. The molecule has 3 N–H and O–H groups in total. The molecular weight excluding hydrogens is 220 g/mol. The number of hydrogen-bond acceptors (Lipinski definition) is 4. The van der Waals surface area contributed by atoms with E-state index in [4.69, 9.17) is 8.42 Å². The van der Waals surface area contributed by atoms with Crippen LogP contribution in [-0.2, 0) is 15.7 Å². The fourth-order valence-electron chi connectivity index (χ4n) is 1.09. The minimum absolute atomic E-state index is 0.444. The minimum atomic E-state index is -2.62. The van der Waals surface area contributed by atoms with E-state index in [1.165, 1.54) is 0 Å². The van der Waals surface area contributed by atoms with Gasteiger partial charge in [-0.3, -0.25) is 9.59 Å². The Morgan fingerprint density at radius 1 is 1.13 bits per heavy atom. The Kier molecular flexibility index (Phi) is 3.53. The summed E-state index contributed by atoms with van der Waals surface area (Å²) < 4.78 is 17.6. The molecule has 0 saturated heterocycles. The summed E-state index contributed by atoms with van der Waals surface area (Å²) in [5.74, 6) is -0.980. The molecule has 1 aromatic carbocycles. The number of amides is 1. The van der Waals surface area contributed by atoms with Crippen LogP contribution in [0.4, 0.5) is 5.69 Å². The number of para-hydroxylation sites is 1. The van der Waals surface area contributed by atoms with Gasteiger partial charge in [-0.15, -0.1) is 0 Å². The largest absolute Gasteiger partial charge is 0.318 e. The van der Waals surface area contributed by atoms with Crippen molar-refractivity contribution in [2.45, 2.75) is 0 Å². The maximum absolute atomic E-state index is 11.0. The van der Waals surface area contributed by atoms with Crippen molar-refractivity contribution >= 4 is 28.3 Å². The molecule has 0 saturated carbocycles. The number of Topliss-reactive ketones (excluding diaryl/α,β-unsaturated/α-hetero) is 1. The third kappa shape index (κ3) is 2.86. The minimum Gasteiger partial charge on any atom is -0.318 e. The van der Waals surface area contributed by atoms with Crippen LogP contribution < -0.4 is 10.5 Å². The number of anilines is 1. The molecule has 6 nitrogen and oxygen atoms in total. The molecule has 0 radical (unpaired) electrons. The first-order valence-electron chi connectivity index (χ1n) is 3.86. The van der Waals surface area contributed by atoms with Crippen LogP contribution in [0.5, 0.6) is 0 Å². The highest BCUT2D eigenvalue weighted by Crippen LogP contribution is 2.21. The first kappa shape index (κ1) is 11.3. The van der Waals surface area contributed by atoms with Crippen LogP contribution in [0.1, 0.15) is 10.4 Å². The van der Waals surface area contributed by atoms with Crippen LogP contribution in [0.2, 0.25) is 0 Å². The lowest BCUT2D eigenvalue weighted by molar-refractivity contribution is -0.112. The van der Waals surface area contributed by atoms with Gasteiger partial charge in [0, 0.05) is 0 Å². The standard InChI is InChI=1S/C8H5NO2.H3NO2S/c10-7-5-3-1-2-4-6(5)9-8(7)11;1-4(2)3/h1-4H,(H,9,10,11);4H,(H2,1,2,3). The lowest BCUT2D eigenvalue weighted by Gasteiger charge is -1.91. The van der Waals surface area contributed by atoms with E-state index in [-0.39, 0.29) is 0 Å². The maximum Gasteiger partial charge on any atom is 0.296 e. The molecule has 2 rings (SSSR count). The number of rotatable bonds is 0. The zero-order valence-corrected chi connectivity index (χ0v) is 8.36. The Labute approximate surface area is 87.2 Å². The lowest BCUT2D eigenvalue weighted by Crippen LogP contribution is -2.12. The van der Waals surface area contributed by atoms with Crippen LogP contribution >= 0.6 is 0 Å². The van der Waals surface area contributed by atoms with Gasteiger partial charge in [-0.1, -0.05) is 12.1 Å². The van der Waals surface area contributed by atoms with Crippen LogP contribution in [0, 0.1) is 0 Å². The first-order chi connectivity index (χ1) is 7.02. The summed E-state index contributed by atoms with van der Waals surface area (Å²) in [5.41, 5.74) is 1.08. The molecule has 0 spiro atoms. The van der Waals surface area contributed by atoms with Crippen LogP contribution in [0.3, 0.4) is 0 Å². The molecule has 1 aliphatic rings. The van der Waals surface area contributed by atoms with Crippen molar-refractivity contribution in [3.8, 4) is 0 Å². The highest BCUT2D eigenvalue weighted by atomic mass is 32.2. The van der Waals surface area contributed by atoms with Crippen molar-refractivity contribution in [2.75, 3.05) is 5.32 Å². The van der Waals surface area contributed by atoms with Crippen LogP contribution in [0.25, 0.3) is 0 Å². The summed E-state index contributed by atoms with van der Waals surface area (Å²) in [6, 6.07) is 6.85. The van der Waals surface area contributed by atoms with Gasteiger partial charge in [0.15, 0.2) is 10.9 Å². The van der Waals surface area contributed by atoms with Crippen molar-refractivity contribution < 1.29 is 18.0 Å². The first-order valence-corrected chi connectivity index (χ1v) is 5.11. The van der Waals surface area contributed by atoms with E-state index in [1.54, 1.807) is 24.3 Å². The van der Waals surface area contributed by atoms with Gasteiger partial charge in [-0.25, -0.2) is 13.6 Å². The highest BCUT2D eigenvalue weighted by molar-refractivity contribution is 7.69. The van der Waals surface area contributed by atoms with Gasteiger partial charge >= 0.3 is 0 Å². The van der Waals surface area contributed by atoms with E-state index in [0.717, 1.165) is 0 Å². The quantitative estimate of drug-likeness (QED) is 0.403. The molecule has 7 heteroatoms. The maximum atomic E-state index is 11.0. The Hall–Kier alpha value is -1.73. The SMILES string of the molecule is N[SH](=O)=O.O=C1Nc2ccccc2C1=O. The smallest absolute Gasteiger partial charge is 0.296 e. The Morgan fingerprint density at radius 2 is 1.67 bits per heavy atom. The third-order valence-corrected chi connectivity index (χ3v) is 1.63. The summed E-state index contributed by atoms with van der Waals surface area (Å²) in [4.78, 5) is 21.8. The molecule has 0 unspecified atom stereocenters. The topological polar surface area (TPSA) is 106 Å². The van der Waals surface area contributed by atoms with Crippen molar-refractivity contribution in [1.82, 2.24) is 0 Å². The monoisotopic (exact) mass is 228 g/mol. The van der Waals surface area contributed by atoms with Gasteiger partial charge in [0.25, 0.3) is 11.7 Å². The average Bonchev–Trinajstić information content (AvgIpc) is 2.43. The van der Waals surface area contributed by atoms with Gasteiger partial charge in [-0.2, -0.15) is 0 Å². The van der Waals surface area contributed by atoms with E-state index in [9.17, 15) is 9.59 Å².